The number of benzene rings is 2. The number of rotatable bonds is 43. The van der Waals surface area contributed by atoms with Crippen LogP contribution in [0.2, 0.25) is 0 Å². The number of aliphatic carboxylic acids is 1. The number of carboxylic acids is 1. The van der Waals surface area contributed by atoms with Crippen LogP contribution in [-0.4, -0.2) is 181 Å². The van der Waals surface area contributed by atoms with Crippen LogP contribution >= 0.6 is 0 Å². The van der Waals surface area contributed by atoms with E-state index in [1.54, 1.807) is 32.2 Å². The number of nitrogens with two attached hydrogens (primary N) is 9. The first-order valence-corrected chi connectivity index (χ1v) is 31.7. The summed E-state index contributed by atoms with van der Waals surface area (Å²) >= 11 is 0. The fourth-order valence-electron chi connectivity index (χ4n) is 10.4. The Hall–Kier alpha value is -9.79. The predicted molar refractivity (Wildman–Crippen MR) is 358 cm³/mol. The van der Waals surface area contributed by atoms with E-state index in [2.05, 4.69) is 72.8 Å². The highest BCUT2D eigenvalue weighted by atomic mass is 16.4. The molecule has 0 unspecified atom stereocenters. The number of carboxylic acid groups (broad SMARTS) is 1. The highest BCUT2D eigenvalue weighted by molar-refractivity contribution is 5.99. The van der Waals surface area contributed by atoms with Crippen LogP contribution < -0.4 is 99.5 Å². The van der Waals surface area contributed by atoms with Crippen molar-refractivity contribution in [3.05, 3.63) is 71.9 Å². The number of aromatic nitrogens is 1. The molecule has 33 heteroatoms. The zero-order valence-electron chi connectivity index (χ0n) is 53.7. The summed E-state index contributed by atoms with van der Waals surface area (Å²) in [5, 5.41) is 35.9. The number of carbonyl (C=O) groups excluding carboxylic acids is 8. The van der Waals surface area contributed by atoms with Crippen LogP contribution in [-0.2, 0) is 56.0 Å². The quantitative estimate of drug-likeness (QED) is 0.0146. The second-order valence-corrected chi connectivity index (χ2v) is 23.4. The predicted octanol–water partition coefficient (Wildman–Crippen LogP) is -3.94. The number of nitrogens with zero attached hydrogens (tertiary/aromatic N) is 4. The van der Waals surface area contributed by atoms with Gasteiger partial charge in [0, 0.05) is 56.1 Å². The van der Waals surface area contributed by atoms with Gasteiger partial charge in [0.15, 0.2) is 23.8 Å². The molecule has 518 valence electrons. The lowest BCUT2D eigenvalue weighted by atomic mass is 10.0. The first kappa shape index (κ1) is 76.7. The van der Waals surface area contributed by atoms with Crippen LogP contribution in [0.5, 0.6) is 0 Å². The van der Waals surface area contributed by atoms with Crippen molar-refractivity contribution >= 4 is 88.0 Å². The third-order valence-electron chi connectivity index (χ3n) is 15.2. The van der Waals surface area contributed by atoms with Gasteiger partial charge in [0.2, 0.25) is 47.3 Å². The van der Waals surface area contributed by atoms with Crippen molar-refractivity contribution in [3.8, 4) is 0 Å². The Morgan fingerprint density at radius 3 is 1.32 bits per heavy atom. The van der Waals surface area contributed by atoms with Crippen molar-refractivity contribution in [1.29, 1.82) is 0 Å². The van der Waals surface area contributed by atoms with Crippen LogP contribution in [0.15, 0.2) is 80.8 Å². The molecule has 8 amide bonds. The van der Waals surface area contributed by atoms with Crippen LogP contribution in [0, 0.1) is 5.92 Å². The number of para-hydroxylation sites is 1. The lowest BCUT2D eigenvalue weighted by Crippen LogP contribution is -2.60. The number of carbonyl (C=O) groups is 9. The number of hydrogen-bond donors (Lipinski definition) is 20. The summed E-state index contributed by atoms with van der Waals surface area (Å²) in [5.41, 5.74) is 52.4. The molecule has 1 aliphatic heterocycles. The van der Waals surface area contributed by atoms with Gasteiger partial charge in [-0.1, -0.05) is 62.4 Å². The van der Waals surface area contributed by atoms with Gasteiger partial charge in [0.25, 0.3) is 0 Å². The lowest BCUT2D eigenvalue weighted by molar-refractivity contribution is -0.142. The fraction of sp³-hybridized carbons (Fsp3) is 0.557. The molecule has 3 aromatic rings. The maximum absolute atomic E-state index is 15.0. The van der Waals surface area contributed by atoms with E-state index in [1.807, 2.05) is 42.5 Å². The molecule has 4 rings (SSSR count). The number of hydrogen-bond acceptors (Lipinski definition) is 15. The number of amides is 8. The SMILES string of the molecule is CC(C)C[C@H](NC(=O)[C@H](CCCN=C(N)N)NC(=O)[C@H](CCCCN)NC(=O)[C@H](CCCN=C(N)N)NC(=O)[C@H](Cc1c[nH]c2ccccc12)NC(=O)[C@H](Cc1ccccc1)NC(=O)[C@@H]1CCCN1)C(=O)N[C@@H](CCCN=C(N)N)C(=O)N[C@@H](CCCN=C(N)N)C(=O)O. The number of fused-ring (bicyclic) bond motifs is 1. The lowest BCUT2D eigenvalue weighted by Gasteiger charge is -2.28. The van der Waals surface area contributed by atoms with Crippen LogP contribution in [0.4, 0.5) is 0 Å². The number of nitrogens with one attached hydrogen (secondary N) is 10. The highest BCUT2D eigenvalue weighted by Crippen LogP contribution is 2.20. The highest BCUT2D eigenvalue weighted by Gasteiger charge is 2.36. The van der Waals surface area contributed by atoms with E-state index in [1.165, 1.54) is 0 Å². The Bertz CT molecular complexity index is 3060. The number of aliphatic imine (C=N–C) groups is 4. The van der Waals surface area contributed by atoms with Crippen molar-refractivity contribution < 1.29 is 48.3 Å². The van der Waals surface area contributed by atoms with E-state index in [-0.39, 0.29) is 145 Å². The van der Waals surface area contributed by atoms with Crippen molar-refractivity contribution in [2.45, 2.75) is 171 Å². The minimum absolute atomic E-state index is 0.0139. The Balaban J connectivity index is 1.68. The average Bonchev–Trinajstić information content (AvgIpc) is 1.62. The molecule has 94 heavy (non-hydrogen) atoms. The van der Waals surface area contributed by atoms with E-state index < -0.39 is 102 Å². The zero-order valence-corrected chi connectivity index (χ0v) is 53.7. The van der Waals surface area contributed by atoms with E-state index in [9.17, 15) is 48.3 Å². The van der Waals surface area contributed by atoms with Gasteiger partial charge in [0.1, 0.15) is 48.3 Å². The van der Waals surface area contributed by atoms with E-state index in [0.29, 0.717) is 31.4 Å². The van der Waals surface area contributed by atoms with Crippen LogP contribution in [0.25, 0.3) is 10.9 Å². The summed E-state index contributed by atoms with van der Waals surface area (Å²) in [6.45, 7) is 4.59. The molecule has 1 aromatic heterocycles. The summed E-state index contributed by atoms with van der Waals surface area (Å²) in [4.78, 5) is 147. The summed E-state index contributed by atoms with van der Waals surface area (Å²) in [7, 11) is 0. The molecule has 0 radical (unpaired) electrons. The first-order valence-electron chi connectivity index (χ1n) is 31.7. The topological polar surface area (TPSA) is 582 Å². The Labute approximate surface area is 546 Å². The summed E-state index contributed by atoms with van der Waals surface area (Å²) < 4.78 is 0. The number of guanidine groups is 4. The largest absolute Gasteiger partial charge is 0.480 e. The fourth-order valence-corrected chi connectivity index (χ4v) is 10.4. The molecule has 0 saturated carbocycles. The minimum Gasteiger partial charge on any atom is -0.480 e. The maximum atomic E-state index is 15.0. The third kappa shape index (κ3) is 28.4. The Kier molecular flexibility index (Phi) is 33.4. The van der Waals surface area contributed by atoms with E-state index in [0.717, 1.165) is 22.9 Å². The van der Waals surface area contributed by atoms with Gasteiger partial charge in [-0.2, -0.15) is 0 Å². The van der Waals surface area contributed by atoms with Gasteiger partial charge in [-0.3, -0.25) is 58.3 Å². The van der Waals surface area contributed by atoms with E-state index in [4.69, 9.17) is 51.6 Å². The van der Waals surface area contributed by atoms with Crippen molar-refractivity contribution in [2.24, 2.45) is 77.5 Å². The maximum Gasteiger partial charge on any atom is 0.326 e. The van der Waals surface area contributed by atoms with Crippen molar-refractivity contribution in [1.82, 2.24) is 52.8 Å². The standard InChI is InChI=1S/C61H99N23O10/c1-35(2)31-46(54(90)79-43(22-12-28-73-59(65)66)52(88)81-45(57(93)94)24-14-30-75-61(69)70)82-53(89)44(23-13-29-74-60(67)68)78-50(86)41(19-8-9-25-62)77-51(87)42(21-11-27-72-58(63)64)80-56(92)48(33-37-34-76-39-18-7-6-17-38(37)39)84-55(91)47(32-36-15-4-3-5-16-36)83-49(85)40-20-10-26-71-40/h3-7,15-18,34-35,40-48,71,76H,8-14,19-33,62H2,1-2H3,(H,77,87)(H,78,86)(H,79,90)(H,80,92)(H,81,88)(H,82,89)(H,83,85)(H,84,91)(H,93,94)(H4,63,64,72)(H4,65,66,73)(H4,67,68,74)(H4,69,70,75)/t40-,41-,42-,43-,44-,45-,46-,47-,48-/m0/s1. The van der Waals surface area contributed by atoms with Crippen molar-refractivity contribution in [2.75, 3.05) is 39.3 Å². The molecule has 1 aliphatic rings. The second-order valence-electron chi connectivity index (χ2n) is 23.4. The van der Waals surface area contributed by atoms with Gasteiger partial charge < -0.3 is 110 Å². The third-order valence-corrected chi connectivity index (χ3v) is 15.2. The smallest absolute Gasteiger partial charge is 0.326 e. The molecule has 1 fully saturated rings. The normalized spacial score (nSPS) is 15.2. The molecule has 33 nitrogen and oxygen atoms in total. The number of unbranched alkanes of at least 4 members (excludes halogenated alkanes) is 1. The molecule has 0 aliphatic carbocycles. The molecule has 0 spiro atoms. The molecule has 2 aromatic carbocycles. The monoisotopic (exact) mass is 1310 g/mol. The number of H-pyrrole nitrogens is 1. The zero-order chi connectivity index (χ0) is 69.1. The van der Waals surface area contributed by atoms with Gasteiger partial charge in [-0.25, -0.2) is 4.79 Å². The number of aromatic amines is 1. The molecule has 2 heterocycles. The second kappa shape index (κ2) is 40.9. The molecule has 1 saturated heterocycles. The molecule has 29 N–H and O–H groups in total. The summed E-state index contributed by atoms with van der Waals surface area (Å²) in [6.07, 6.45) is 4.01. The molecular weight excluding hydrogens is 1210 g/mol. The minimum atomic E-state index is -1.42. The Morgan fingerprint density at radius 1 is 0.489 bits per heavy atom. The van der Waals surface area contributed by atoms with Gasteiger partial charge in [-0.05, 0) is 126 Å². The van der Waals surface area contributed by atoms with Gasteiger partial charge >= 0.3 is 5.97 Å². The molecule has 9 atom stereocenters. The van der Waals surface area contributed by atoms with Crippen molar-refractivity contribution in [3.63, 3.8) is 0 Å². The first-order chi connectivity index (χ1) is 44.8. The summed E-state index contributed by atoms with van der Waals surface area (Å²) in [5.74, 6) is -8.53. The molecular formula is C61H99N23O10. The Morgan fingerprint density at radius 2 is 0.883 bits per heavy atom. The van der Waals surface area contributed by atoms with Gasteiger partial charge in [-0.15, -0.1) is 0 Å². The van der Waals surface area contributed by atoms with Crippen LogP contribution in [0.3, 0.4) is 0 Å². The summed E-state index contributed by atoms with van der Waals surface area (Å²) in [6, 6.07) is 5.09. The van der Waals surface area contributed by atoms with E-state index >= 15 is 0 Å². The average molecular weight is 1310 g/mol. The van der Waals surface area contributed by atoms with Gasteiger partial charge in [0.05, 0.1) is 6.04 Å². The molecule has 0 bridgehead atoms. The van der Waals surface area contributed by atoms with Crippen LogP contribution in [0.1, 0.15) is 115 Å².